The maximum Gasteiger partial charge on any atom is 0.398 e. The number of aromatic nitrogens is 2. The first kappa shape index (κ1) is 25.7. The molecule has 0 saturated carbocycles. The first-order chi connectivity index (χ1) is 14.5. The van der Waals surface area contributed by atoms with E-state index in [4.69, 9.17) is 0 Å². The quantitative estimate of drug-likeness (QED) is 0.237. The summed E-state index contributed by atoms with van der Waals surface area (Å²) in [6.07, 6.45) is 7.51. The zero-order chi connectivity index (χ0) is 21.0. The van der Waals surface area contributed by atoms with E-state index in [1.807, 2.05) is 60.9 Å². The minimum Gasteiger partial charge on any atom is -1.00 e. The van der Waals surface area contributed by atoms with Crippen LogP contribution in [0.5, 0.6) is 0 Å². The SMILES string of the molecule is O=P(O)(O)C(c1ccccc1)[n+]1ccc(-c2cc[n+](Cc3ccccc3)cc2)cc1.[Cl-].[Cl-]. The normalized spacial score (nSPS) is 11.7. The van der Waals surface area contributed by atoms with Crippen LogP contribution in [0.3, 0.4) is 0 Å². The van der Waals surface area contributed by atoms with Crippen molar-refractivity contribution in [1.29, 1.82) is 0 Å². The van der Waals surface area contributed by atoms with Crippen molar-refractivity contribution in [3.8, 4) is 11.1 Å². The van der Waals surface area contributed by atoms with Gasteiger partial charge in [0.25, 0.3) is 5.78 Å². The minimum absolute atomic E-state index is 0. The molecule has 0 fully saturated rings. The van der Waals surface area contributed by atoms with Crippen LogP contribution in [-0.2, 0) is 11.1 Å². The first-order valence-electron chi connectivity index (χ1n) is 9.65. The third-order valence-corrected chi connectivity index (χ3v) is 6.19. The summed E-state index contributed by atoms with van der Waals surface area (Å²) in [6.45, 7) is 0.803. The fourth-order valence-electron chi connectivity index (χ4n) is 3.51. The minimum atomic E-state index is -4.39. The van der Waals surface area contributed by atoms with Gasteiger partial charge >= 0.3 is 7.60 Å². The second-order valence-corrected chi connectivity index (χ2v) is 8.82. The van der Waals surface area contributed by atoms with Crippen LogP contribution in [0.2, 0.25) is 0 Å². The summed E-state index contributed by atoms with van der Waals surface area (Å²) in [5.41, 5.74) is 3.83. The first-order valence-corrected chi connectivity index (χ1v) is 11.3. The van der Waals surface area contributed by atoms with Gasteiger partial charge in [0.1, 0.15) is 0 Å². The van der Waals surface area contributed by atoms with Crippen LogP contribution in [0.4, 0.5) is 0 Å². The molecule has 0 aliphatic carbocycles. The van der Waals surface area contributed by atoms with E-state index in [0.29, 0.717) is 5.56 Å². The topological polar surface area (TPSA) is 65.3 Å². The Balaban J connectivity index is 0.00000181. The van der Waals surface area contributed by atoms with E-state index in [2.05, 4.69) is 16.7 Å². The molecule has 2 aromatic heterocycles. The number of hydrogen-bond acceptors (Lipinski definition) is 1. The molecule has 4 rings (SSSR count). The lowest BCUT2D eigenvalue weighted by Crippen LogP contribution is -3.00. The highest BCUT2D eigenvalue weighted by Gasteiger charge is 2.38. The average molecular weight is 489 g/mol. The molecule has 0 radical (unpaired) electrons. The maximum absolute atomic E-state index is 12.1. The van der Waals surface area contributed by atoms with E-state index >= 15 is 0 Å². The van der Waals surface area contributed by atoms with Gasteiger partial charge in [0.2, 0.25) is 0 Å². The summed E-state index contributed by atoms with van der Waals surface area (Å²) in [5.74, 6) is -1.04. The molecule has 0 saturated heterocycles. The van der Waals surface area contributed by atoms with Gasteiger partial charge in [-0.25, -0.2) is 4.57 Å². The summed E-state index contributed by atoms with van der Waals surface area (Å²) in [6, 6.07) is 27.0. The Labute approximate surface area is 200 Å². The summed E-state index contributed by atoms with van der Waals surface area (Å²) >= 11 is 0. The molecule has 8 heteroatoms. The van der Waals surface area contributed by atoms with Gasteiger partial charge in [-0.3, -0.25) is 4.57 Å². The molecule has 0 aliphatic heterocycles. The van der Waals surface area contributed by atoms with E-state index < -0.39 is 13.4 Å². The van der Waals surface area contributed by atoms with Gasteiger partial charge in [-0.2, -0.15) is 4.57 Å². The number of hydrogen-bond donors (Lipinski definition) is 2. The average Bonchev–Trinajstić information content (AvgIpc) is 2.76. The van der Waals surface area contributed by atoms with Gasteiger partial charge < -0.3 is 34.6 Å². The van der Waals surface area contributed by atoms with Crippen LogP contribution in [0, 0.1) is 0 Å². The summed E-state index contributed by atoms with van der Waals surface area (Å²) < 4.78 is 15.8. The monoisotopic (exact) mass is 488 g/mol. The van der Waals surface area contributed by atoms with Crippen LogP contribution < -0.4 is 33.9 Å². The van der Waals surface area contributed by atoms with E-state index in [1.54, 1.807) is 41.2 Å². The van der Waals surface area contributed by atoms with E-state index in [-0.39, 0.29) is 24.8 Å². The fourth-order valence-corrected chi connectivity index (χ4v) is 4.57. The summed E-state index contributed by atoms with van der Waals surface area (Å²) in [4.78, 5) is 19.8. The Kier molecular flexibility index (Phi) is 9.14. The number of benzene rings is 2. The van der Waals surface area contributed by atoms with Crippen LogP contribution in [0.25, 0.3) is 11.1 Å². The van der Waals surface area contributed by atoms with E-state index in [9.17, 15) is 14.4 Å². The van der Waals surface area contributed by atoms with Crippen LogP contribution >= 0.6 is 7.60 Å². The number of nitrogens with zero attached hydrogens (tertiary/aromatic N) is 2. The van der Waals surface area contributed by atoms with Gasteiger partial charge in [-0.1, -0.05) is 60.7 Å². The Morgan fingerprint density at radius 2 is 1.16 bits per heavy atom. The molecule has 2 heterocycles. The maximum atomic E-state index is 12.1. The predicted octanol–water partition coefficient (Wildman–Crippen LogP) is -2.29. The smallest absolute Gasteiger partial charge is 0.398 e. The van der Waals surface area contributed by atoms with Crippen molar-refractivity contribution >= 4 is 7.60 Å². The molecule has 0 bridgehead atoms. The number of halogens is 2. The molecular formula is C24H23Cl2N2O3P. The van der Waals surface area contributed by atoms with Crippen molar-refractivity contribution in [1.82, 2.24) is 0 Å². The zero-order valence-corrected chi connectivity index (χ0v) is 19.5. The molecule has 1 unspecified atom stereocenters. The Bertz CT molecular complexity index is 1150. The third kappa shape index (κ3) is 6.26. The molecule has 32 heavy (non-hydrogen) atoms. The number of pyridine rings is 2. The lowest BCUT2D eigenvalue weighted by atomic mass is 10.1. The standard InChI is InChI=1S/C24H21N2O3P.2ClH/c27-30(28,29)24(23-9-5-2-6-10-23)26-17-13-22(14-18-26)21-11-15-25(16-12-21)19-20-7-3-1-4-8-20;;/h1-18,24H,19H2;2*1H. The van der Waals surface area contributed by atoms with E-state index in [1.165, 1.54) is 5.56 Å². The highest BCUT2D eigenvalue weighted by Crippen LogP contribution is 2.49. The molecule has 166 valence electrons. The molecular weight excluding hydrogens is 466 g/mol. The molecule has 2 N–H and O–H groups in total. The second kappa shape index (κ2) is 11.4. The van der Waals surface area contributed by atoms with Gasteiger partial charge in [0.15, 0.2) is 31.3 Å². The van der Waals surface area contributed by atoms with Gasteiger partial charge in [0, 0.05) is 35.4 Å². The fraction of sp³-hybridized carbons (Fsp3) is 0.0833. The Hall–Kier alpha value is -2.53. The predicted molar refractivity (Wildman–Crippen MR) is 114 cm³/mol. The molecule has 0 spiro atoms. The molecule has 0 aliphatic rings. The van der Waals surface area contributed by atoms with Gasteiger partial charge in [0.05, 0.1) is 0 Å². The Morgan fingerprint density at radius 3 is 1.66 bits per heavy atom. The lowest BCUT2D eigenvalue weighted by Gasteiger charge is -2.14. The van der Waals surface area contributed by atoms with Crippen LogP contribution in [0.15, 0.2) is 110 Å². The molecule has 1 atom stereocenters. The van der Waals surface area contributed by atoms with Gasteiger partial charge in [-0.15, -0.1) is 0 Å². The highest BCUT2D eigenvalue weighted by molar-refractivity contribution is 7.51. The van der Waals surface area contributed by atoms with Crippen molar-refractivity contribution in [2.45, 2.75) is 12.3 Å². The van der Waals surface area contributed by atoms with E-state index in [0.717, 1.165) is 17.7 Å². The second-order valence-electron chi connectivity index (χ2n) is 7.15. The summed E-state index contributed by atoms with van der Waals surface area (Å²) in [5, 5.41) is 0. The molecule has 0 amide bonds. The van der Waals surface area contributed by atoms with Crippen molar-refractivity contribution in [2.24, 2.45) is 0 Å². The van der Waals surface area contributed by atoms with Crippen LogP contribution in [0.1, 0.15) is 16.9 Å². The molecule has 5 nitrogen and oxygen atoms in total. The number of rotatable bonds is 6. The van der Waals surface area contributed by atoms with Crippen LogP contribution in [-0.4, -0.2) is 9.79 Å². The Morgan fingerprint density at radius 1 is 0.688 bits per heavy atom. The van der Waals surface area contributed by atoms with Gasteiger partial charge in [-0.05, 0) is 11.1 Å². The van der Waals surface area contributed by atoms with Crippen molar-refractivity contribution in [2.75, 3.05) is 0 Å². The largest absolute Gasteiger partial charge is 1.00 e. The van der Waals surface area contributed by atoms with Crippen molar-refractivity contribution < 1.29 is 48.3 Å². The zero-order valence-electron chi connectivity index (χ0n) is 17.1. The highest BCUT2D eigenvalue weighted by atomic mass is 35.5. The van der Waals surface area contributed by atoms with Crippen molar-refractivity contribution in [3.05, 3.63) is 121 Å². The lowest BCUT2D eigenvalue weighted by molar-refractivity contribution is -0.695. The molecule has 4 aromatic rings. The molecule has 2 aromatic carbocycles. The third-order valence-electron chi connectivity index (χ3n) is 4.98. The van der Waals surface area contributed by atoms with Crippen molar-refractivity contribution in [3.63, 3.8) is 0 Å². The summed E-state index contributed by atoms with van der Waals surface area (Å²) in [7, 11) is -4.39.